The average Bonchev–Trinajstić information content (AvgIpc) is 3.38. The standard InChI is InChI=1S/C30H35N3O3S/c1-22-8-6-7-11-25(22)30-26-13-17-37-27(26)12-14-32(30)19-28(34)31-15-16-33(23(2)18-31)29(35)21-36-20-24-9-4-3-5-10-24/h3-11,13,17,23,30H,12,14-16,18-21H2,1-2H3/t23-,30+/m0/s1. The lowest BCUT2D eigenvalue weighted by molar-refractivity contribution is -0.146. The molecular weight excluding hydrogens is 482 g/mol. The van der Waals surface area contributed by atoms with Crippen LogP contribution in [-0.4, -0.2) is 71.9 Å². The van der Waals surface area contributed by atoms with E-state index in [1.807, 2.05) is 58.4 Å². The first-order chi connectivity index (χ1) is 18.0. The molecule has 2 aliphatic heterocycles. The highest BCUT2D eigenvalue weighted by atomic mass is 32.1. The lowest BCUT2D eigenvalue weighted by atomic mass is 9.90. The fourth-order valence-corrected chi connectivity index (χ4v) is 6.44. The van der Waals surface area contributed by atoms with Gasteiger partial charge in [-0.1, -0.05) is 54.6 Å². The highest BCUT2D eigenvalue weighted by Gasteiger charge is 2.34. The topological polar surface area (TPSA) is 53.1 Å². The maximum atomic E-state index is 13.5. The number of hydrogen-bond acceptors (Lipinski definition) is 5. The van der Waals surface area contributed by atoms with Crippen molar-refractivity contribution in [1.82, 2.24) is 14.7 Å². The Kier molecular flexibility index (Phi) is 8.03. The number of hydrogen-bond donors (Lipinski definition) is 0. The van der Waals surface area contributed by atoms with Crippen molar-refractivity contribution in [1.29, 1.82) is 0 Å². The van der Waals surface area contributed by atoms with E-state index in [0.717, 1.165) is 18.5 Å². The van der Waals surface area contributed by atoms with Crippen LogP contribution in [0.25, 0.3) is 0 Å². The van der Waals surface area contributed by atoms with Gasteiger partial charge in [0.2, 0.25) is 11.8 Å². The first-order valence-corrected chi connectivity index (χ1v) is 13.9. The highest BCUT2D eigenvalue weighted by Crippen LogP contribution is 2.38. The van der Waals surface area contributed by atoms with Gasteiger partial charge >= 0.3 is 0 Å². The van der Waals surface area contributed by atoms with Gasteiger partial charge in [0.25, 0.3) is 0 Å². The number of amides is 2. The summed E-state index contributed by atoms with van der Waals surface area (Å²) in [6.07, 6.45) is 0.977. The van der Waals surface area contributed by atoms with Gasteiger partial charge in [-0.05, 0) is 54.0 Å². The number of piperazine rings is 1. The number of carbonyl (C=O) groups excluding carboxylic acids is 2. The van der Waals surface area contributed by atoms with E-state index in [1.165, 1.54) is 21.6 Å². The zero-order chi connectivity index (χ0) is 25.8. The Morgan fingerprint density at radius 3 is 2.51 bits per heavy atom. The minimum Gasteiger partial charge on any atom is -0.367 e. The zero-order valence-corrected chi connectivity index (χ0v) is 22.5. The van der Waals surface area contributed by atoms with Crippen LogP contribution in [0.4, 0.5) is 0 Å². The number of aryl methyl sites for hydroxylation is 1. The maximum absolute atomic E-state index is 13.5. The van der Waals surface area contributed by atoms with Gasteiger partial charge in [0.15, 0.2) is 0 Å². The van der Waals surface area contributed by atoms with E-state index in [0.29, 0.717) is 32.8 Å². The van der Waals surface area contributed by atoms with Crippen molar-refractivity contribution >= 4 is 23.2 Å². The minimum atomic E-state index is -0.0393. The van der Waals surface area contributed by atoms with Crippen molar-refractivity contribution in [3.05, 3.63) is 93.2 Å². The molecule has 1 aromatic heterocycles. The summed E-state index contributed by atoms with van der Waals surface area (Å²) in [5.74, 6) is 0.118. The second-order valence-corrected chi connectivity index (χ2v) is 11.0. The van der Waals surface area contributed by atoms with Gasteiger partial charge in [0.05, 0.1) is 19.2 Å². The Morgan fingerprint density at radius 1 is 0.946 bits per heavy atom. The van der Waals surface area contributed by atoms with Crippen LogP contribution in [0.1, 0.15) is 40.1 Å². The van der Waals surface area contributed by atoms with Gasteiger partial charge < -0.3 is 14.5 Å². The van der Waals surface area contributed by atoms with Crippen LogP contribution in [0.3, 0.4) is 0 Å². The maximum Gasteiger partial charge on any atom is 0.248 e. The van der Waals surface area contributed by atoms with E-state index in [1.54, 1.807) is 0 Å². The quantitative estimate of drug-likeness (QED) is 0.470. The molecule has 3 heterocycles. The van der Waals surface area contributed by atoms with Crippen molar-refractivity contribution < 1.29 is 14.3 Å². The molecule has 2 amide bonds. The third kappa shape index (κ3) is 5.79. The summed E-state index contributed by atoms with van der Waals surface area (Å²) in [6, 6.07) is 20.6. The molecule has 2 atom stereocenters. The van der Waals surface area contributed by atoms with Crippen LogP contribution in [0.15, 0.2) is 66.0 Å². The molecule has 0 radical (unpaired) electrons. The molecule has 1 saturated heterocycles. The molecule has 7 heteroatoms. The summed E-state index contributed by atoms with van der Waals surface area (Å²) in [6.45, 7) is 7.54. The molecule has 5 rings (SSSR count). The molecule has 194 valence electrons. The normalized spacial score (nSPS) is 20.1. The number of carbonyl (C=O) groups is 2. The molecule has 0 saturated carbocycles. The number of nitrogens with zero attached hydrogens (tertiary/aromatic N) is 3. The Labute approximate surface area is 223 Å². The van der Waals surface area contributed by atoms with Crippen LogP contribution in [-0.2, 0) is 27.4 Å². The largest absolute Gasteiger partial charge is 0.367 e. The van der Waals surface area contributed by atoms with Crippen LogP contribution in [0.5, 0.6) is 0 Å². The molecule has 0 spiro atoms. The second kappa shape index (κ2) is 11.6. The van der Waals surface area contributed by atoms with Crippen molar-refractivity contribution in [3.8, 4) is 0 Å². The first kappa shape index (κ1) is 25.6. The Balaban J connectivity index is 1.19. The molecule has 0 bridgehead atoms. The molecule has 0 aliphatic carbocycles. The molecule has 1 fully saturated rings. The molecule has 3 aromatic rings. The SMILES string of the molecule is Cc1ccccc1[C@@H]1c2ccsc2CCN1CC(=O)N1CCN(C(=O)COCc2ccccc2)[C@@H](C)C1. The van der Waals surface area contributed by atoms with E-state index >= 15 is 0 Å². The van der Waals surface area contributed by atoms with E-state index in [9.17, 15) is 9.59 Å². The third-order valence-electron chi connectivity index (χ3n) is 7.52. The van der Waals surface area contributed by atoms with Crippen molar-refractivity contribution in [2.75, 3.05) is 39.3 Å². The van der Waals surface area contributed by atoms with E-state index in [4.69, 9.17) is 4.74 Å². The summed E-state index contributed by atoms with van der Waals surface area (Å²) < 4.78 is 5.67. The minimum absolute atomic E-state index is 0.0174. The fourth-order valence-electron chi connectivity index (χ4n) is 5.54. The Morgan fingerprint density at radius 2 is 1.73 bits per heavy atom. The van der Waals surface area contributed by atoms with Gasteiger partial charge in [-0.2, -0.15) is 0 Å². The molecular formula is C30H35N3O3S. The van der Waals surface area contributed by atoms with Gasteiger partial charge in [0.1, 0.15) is 6.61 Å². The average molecular weight is 518 g/mol. The number of benzene rings is 2. The highest BCUT2D eigenvalue weighted by molar-refractivity contribution is 7.10. The summed E-state index contributed by atoms with van der Waals surface area (Å²) in [5, 5.41) is 2.17. The van der Waals surface area contributed by atoms with Gasteiger partial charge in [0, 0.05) is 37.1 Å². The van der Waals surface area contributed by atoms with Crippen molar-refractivity contribution in [2.24, 2.45) is 0 Å². The van der Waals surface area contributed by atoms with Crippen LogP contribution < -0.4 is 0 Å². The molecule has 6 nitrogen and oxygen atoms in total. The lowest BCUT2D eigenvalue weighted by Gasteiger charge is -2.42. The number of rotatable bonds is 7. The predicted octanol–water partition coefficient (Wildman–Crippen LogP) is 4.28. The number of thiophene rings is 1. The number of ether oxygens (including phenoxy) is 1. The molecule has 0 N–H and O–H groups in total. The number of fused-ring (bicyclic) bond motifs is 1. The Hall–Kier alpha value is -3.00. The smallest absolute Gasteiger partial charge is 0.248 e. The zero-order valence-electron chi connectivity index (χ0n) is 21.6. The van der Waals surface area contributed by atoms with Crippen LogP contribution in [0.2, 0.25) is 0 Å². The molecule has 2 aliphatic rings. The van der Waals surface area contributed by atoms with E-state index in [-0.39, 0.29) is 30.5 Å². The molecule has 2 aromatic carbocycles. The van der Waals surface area contributed by atoms with Crippen molar-refractivity contribution in [3.63, 3.8) is 0 Å². The van der Waals surface area contributed by atoms with E-state index < -0.39 is 0 Å². The van der Waals surface area contributed by atoms with Gasteiger partial charge in [-0.25, -0.2) is 0 Å². The second-order valence-electron chi connectivity index (χ2n) is 10.0. The van der Waals surface area contributed by atoms with Crippen LogP contribution in [0, 0.1) is 6.92 Å². The van der Waals surface area contributed by atoms with E-state index in [2.05, 4.69) is 47.5 Å². The summed E-state index contributed by atoms with van der Waals surface area (Å²) >= 11 is 1.82. The Bertz CT molecular complexity index is 1230. The third-order valence-corrected chi connectivity index (χ3v) is 8.52. The summed E-state index contributed by atoms with van der Waals surface area (Å²) in [4.78, 5) is 33.8. The lowest BCUT2D eigenvalue weighted by Crippen LogP contribution is -2.57. The molecule has 0 unspecified atom stereocenters. The monoisotopic (exact) mass is 517 g/mol. The van der Waals surface area contributed by atoms with Gasteiger partial charge in [-0.15, -0.1) is 11.3 Å². The predicted molar refractivity (Wildman–Crippen MR) is 146 cm³/mol. The van der Waals surface area contributed by atoms with Gasteiger partial charge in [-0.3, -0.25) is 14.5 Å². The van der Waals surface area contributed by atoms with Crippen LogP contribution >= 0.6 is 11.3 Å². The first-order valence-electron chi connectivity index (χ1n) is 13.1. The summed E-state index contributed by atoms with van der Waals surface area (Å²) in [5.41, 5.74) is 4.90. The molecule has 37 heavy (non-hydrogen) atoms. The summed E-state index contributed by atoms with van der Waals surface area (Å²) in [7, 11) is 0. The van der Waals surface area contributed by atoms with Crippen molar-refractivity contribution in [2.45, 2.75) is 39.0 Å². The fraction of sp³-hybridized carbons (Fsp3) is 0.400.